The van der Waals surface area contributed by atoms with Crippen molar-refractivity contribution in [2.75, 3.05) is 13.6 Å². The predicted molar refractivity (Wildman–Crippen MR) is 77.0 cm³/mol. The summed E-state index contributed by atoms with van der Waals surface area (Å²) in [6.07, 6.45) is -4.19. The smallest absolute Gasteiger partial charge is 0.320 e. The standard InChI is InChI=1S/C14H16F3N3O2/c1-18-7-4-8-20-12(21)11-9(14(15,16)17)5-3-6-10(11)19(2)13(20)22/h3,5-6,18H,4,7-8H2,1-2H3. The van der Waals surface area contributed by atoms with Gasteiger partial charge in [-0.25, -0.2) is 4.79 Å². The minimum Gasteiger partial charge on any atom is -0.320 e. The Morgan fingerprint density at radius 2 is 1.91 bits per heavy atom. The van der Waals surface area contributed by atoms with Crippen LogP contribution in [0.15, 0.2) is 27.8 Å². The summed E-state index contributed by atoms with van der Waals surface area (Å²) in [4.78, 5) is 24.6. The zero-order valence-electron chi connectivity index (χ0n) is 12.2. The zero-order chi connectivity index (χ0) is 16.5. The first-order valence-corrected chi connectivity index (χ1v) is 6.73. The molecule has 0 unspecified atom stereocenters. The number of nitrogens with zero attached hydrogens (tertiary/aromatic N) is 2. The topological polar surface area (TPSA) is 56.0 Å². The molecule has 2 rings (SSSR count). The molecular formula is C14H16F3N3O2. The number of aryl methyl sites for hydroxylation is 1. The van der Waals surface area contributed by atoms with Gasteiger partial charge in [-0.1, -0.05) is 6.07 Å². The number of alkyl halides is 3. The second kappa shape index (κ2) is 5.96. The fraction of sp³-hybridized carbons (Fsp3) is 0.429. The average molecular weight is 315 g/mol. The molecule has 22 heavy (non-hydrogen) atoms. The van der Waals surface area contributed by atoms with Crippen molar-refractivity contribution in [3.05, 3.63) is 44.6 Å². The summed E-state index contributed by atoms with van der Waals surface area (Å²) in [6.45, 7) is 0.614. The maximum absolute atomic E-state index is 13.1. The van der Waals surface area contributed by atoms with E-state index in [1.165, 1.54) is 19.2 Å². The Morgan fingerprint density at radius 1 is 1.23 bits per heavy atom. The van der Waals surface area contributed by atoms with Crippen molar-refractivity contribution in [3.8, 4) is 0 Å². The van der Waals surface area contributed by atoms with Crippen molar-refractivity contribution in [3.63, 3.8) is 0 Å². The zero-order valence-corrected chi connectivity index (χ0v) is 12.2. The highest BCUT2D eigenvalue weighted by Crippen LogP contribution is 2.32. The van der Waals surface area contributed by atoms with Crippen LogP contribution in [-0.4, -0.2) is 22.7 Å². The molecule has 0 aliphatic rings. The van der Waals surface area contributed by atoms with E-state index in [1.807, 2.05) is 0 Å². The van der Waals surface area contributed by atoms with Crippen molar-refractivity contribution in [2.24, 2.45) is 7.05 Å². The van der Waals surface area contributed by atoms with Gasteiger partial charge in [0.05, 0.1) is 16.5 Å². The Kier molecular flexibility index (Phi) is 4.41. The van der Waals surface area contributed by atoms with Gasteiger partial charge >= 0.3 is 11.9 Å². The van der Waals surface area contributed by atoms with Crippen LogP contribution in [0.1, 0.15) is 12.0 Å². The molecule has 8 heteroatoms. The van der Waals surface area contributed by atoms with Gasteiger partial charge in [0.25, 0.3) is 5.56 Å². The van der Waals surface area contributed by atoms with E-state index < -0.39 is 28.4 Å². The van der Waals surface area contributed by atoms with E-state index in [0.29, 0.717) is 13.0 Å². The molecule has 0 bridgehead atoms. The fourth-order valence-electron chi connectivity index (χ4n) is 2.40. The second-order valence-corrected chi connectivity index (χ2v) is 4.95. The lowest BCUT2D eigenvalue weighted by Crippen LogP contribution is -2.40. The molecule has 0 fully saturated rings. The average Bonchev–Trinajstić information content (AvgIpc) is 2.47. The number of halogens is 3. The molecule has 1 N–H and O–H groups in total. The van der Waals surface area contributed by atoms with Crippen LogP contribution in [0.2, 0.25) is 0 Å². The summed E-state index contributed by atoms with van der Waals surface area (Å²) in [6, 6.07) is 3.38. The maximum Gasteiger partial charge on any atom is 0.417 e. The Bertz CT molecular complexity index is 806. The minimum absolute atomic E-state index is 0.0188. The van der Waals surface area contributed by atoms with Gasteiger partial charge in [-0.2, -0.15) is 13.2 Å². The lowest BCUT2D eigenvalue weighted by atomic mass is 10.1. The molecule has 5 nitrogen and oxygen atoms in total. The molecule has 2 aromatic rings. The number of benzene rings is 1. The molecular weight excluding hydrogens is 299 g/mol. The summed E-state index contributed by atoms with van der Waals surface area (Å²) >= 11 is 0. The fourth-order valence-corrected chi connectivity index (χ4v) is 2.40. The van der Waals surface area contributed by atoms with E-state index in [0.717, 1.165) is 15.2 Å². The number of rotatable bonds is 4. The Balaban J connectivity index is 2.79. The van der Waals surface area contributed by atoms with Crippen LogP contribution in [0.4, 0.5) is 13.2 Å². The van der Waals surface area contributed by atoms with Crippen LogP contribution in [0, 0.1) is 0 Å². The quantitative estimate of drug-likeness (QED) is 0.866. The van der Waals surface area contributed by atoms with Gasteiger partial charge in [-0.3, -0.25) is 13.9 Å². The first-order valence-electron chi connectivity index (χ1n) is 6.73. The maximum atomic E-state index is 13.1. The second-order valence-electron chi connectivity index (χ2n) is 4.95. The van der Waals surface area contributed by atoms with E-state index in [4.69, 9.17) is 0 Å². The van der Waals surface area contributed by atoms with E-state index in [2.05, 4.69) is 5.32 Å². The third-order valence-corrected chi connectivity index (χ3v) is 3.49. The Morgan fingerprint density at radius 3 is 2.50 bits per heavy atom. The normalized spacial score (nSPS) is 12.0. The Labute approximate surface area is 124 Å². The summed E-state index contributed by atoms with van der Waals surface area (Å²) in [5, 5.41) is 2.39. The van der Waals surface area contributed by atoms with Gasteiger partial charge in [0, 0.05) is 13.6 Å². The van der Waals surface area contributed by atoms with Crippen molar-refractivity contribution in [1.29, 1.82) is 0 Å². The highest BCUT2D eigenvalue weighted by molar-refractivity contribution is 5.82. The monoisotopic (exact) mass is 315 g/mol. The van der Waals surface area contributed by atoms with E-state index in [1.54, 1.807) is 7.05 Å². The van der Waals surface area contributed by atoms with Gasteiger partial charge in [-0.05, 0) is 32.1 Å². The molecule has 1 aromatic heterocycles. The van der Waals surface area contributed by atoms with Gasteiger partial charge < -0.3 is 5.32 Å². The van der Waals surface area contributed by atoms with Crippen LogP contribution >= 0.6 is 0 Å². The molecule has 0 spiro atoms. The molecule has 0 saturated carbocycles. The van der Waals surface area contributed by atoms with Gasteiger partial charge in [0.2, 0.25) is 0 Å². The largest absolute Gasteiger partial charge is 0.417 e. The Hall–Kier alpha value is -2.09. The number of nitrogens with one attached hydrogen (secondary N) is 1. The number of aromatic nitrogens is 2. The van der Waals surface area contributed by atoms with Crippen molar-refractivity contribution < 1.29 is 13.2 Å². The van der Waals surface area contributed by atoms with Crippen LogP contribution in [0.3, 0.4) is 0 Å². The highest BCUT2D eigenvalue weighted by Gasteiger charge is 2.34. The summed E-state index contributed by atoms with van der Waals surface area (Å²) < 4.78 is 41.3. The first kappa shape index (κ1) is 16.3. The molecule has 0 aliphatic heterocycles. The molecule has 0 radical (unpaired) electrons. The predicted octanol–water partition coefficient (Wildman–Crippen LogP) is 1.33. The van der Waals surface area contributed by atoms with Gasteiger partial charge in [-0.15, -0.1) is 0 Å². The molecule has 0 amide bonds. The van der Waals surface area contributed by atoms with Crippen LogP contribution in [0.25, 0.3) is 10.9 Å². The minimum atomic E-state index is -4.65. The van der Waals surface area contributed by atoms with E-state index in [-0.39, 0.29) is 12.1 Å². The molecule has 0 atom stereocenters. The summed E-state index contributed by atoms with van der Waals surface area (Å²) in [5.74, 6) is 0. The molecule has 0 aliphatic carbocycles. The summed E-state index contributed by atoms with van der Waals surface area (Å²) in [5.41, 5.74) is -2.56. The van der Waals surface area contributed by atoms with E-state index in [9.17, 15) is 22.8 Å². The number of hydrogen-bond donors (Lipinski definition) is 1. The van der Waals surface area contributed by atoms with Crippen LogP contribution in [-0.2, 0) is 19.8 Å². The van der Waals surface area contributed by atoms with Crippen molar-refractivity contribution in [2.45, 2.75) is 19.1 Å². The lowest BCUT2D eigenvalue weighted by molar-refractivity contribution is -0.136. The first-order chi connectivity index (χ1) is 10.3. The van der Waals surface area contributed by atoms with E-state index >= 15 is 0 Å². The van der Waals surface area contributed by atoms with Crippen molar-refractivity contribution in [1.82, 2.24) is 14.5 Å². The van der Waals surface area contributed by atoms with Crippen molar-refractivity contribution >= 4 is 10.9 Å². The third-order valence-electron chi connectivity index (χ3n) is 3.49. The number of hydrogen-bond acceptors (Lipinski definition) is 3. The lowest BCUT2D eigenvalue weighted by Gasteiger charge is -2.14. The molecule has 120 valence electrons. The molecule has 1 heterocycles. The third kappa shape index (κ3) is 2.78. The highest BCUT2D eigenvalue weighted by atomic mass is 19.4. The molecule has 1 aromatic carbocycles. The number of fused-ring (bicyclic) bond motifs is 1. The van der Waals surface area contributed by atoms with Crippen LogP contribution < -0.4 is 16.6 Å². The summed E-state index contributed by atoms with van der Waals surface area (Å²) in [7, 11) is 3.07. The van der Waals surface area contributed by atoms with Gasteiger partial charge in [0.15, 0.2) is 0 Å². The SMILES string of the molecule is CNCCCn1c(=O)c2c(C(F)(F)F)cccc2n(C)c1=O. The van der Waals surface area contributed by atoms with Gasteiger partial charge in [0.1, 0.15) is 0 Å². The van der Waals surface area contributed by atoms with Crippen LogP contribution in [0.5, 0.6) is 0 Å². The molecule has 0 saturated heterocycles.